The summed E-state index contributed by atoms with van der Waals surface area (Å²) in [4.78, 5) is 0. The second-order valence-electron chi connectivity index (χ2n) is 8.03. The second-order valence-corrected chi connectivity index (χ2v) is 12.5. The molecule has 1 saturated carbocycles. The fourth-order valence-electron chi connectivity index (χ4n) is 3.50. The van der Waals surface area contributed by atoms with E-state index >= 15 is 0 Å². The summed E-state index contributed by atoms with van der Waals surface area (Å²) in [5.41, 5.74) is 0. The summed E-state index contributed by atoms with van der Waals surface area (Å²) in [5.74, 6) is 3.36. The van der Waals surface area contributed by atoms with Gasteiger partial charge in [-0.1, -0.05) is 27.7 Å². The number of rotatable bonds is 6. The van der Waals surface area contributed by atoms with Crippen molar-refractivity contribution in [2.75, 3.05) is 0 Å². The summed E-state index contributed by atoms with van der Waals surface area (Å²) >= 11 is 0. The molecule has 2 heteroatoms. The van der Waals surface area contributed by atoms with Gasteiger partial charge in [-0.3, -0.25) is 0 Å². The van der Waals surface area contributed by atoms with Crippen LogP contribution < -0.4 is 0 Å². The monoisotopic (exact) mass is 270 g/mol. The van der Waals surface area contributed by atoms with Crippen molar-refractivity contribution < 1.29 is 4.43 Å². The van der Waals surface area contributed by atoms with Crippen LogP contribution in [0, 0.1) is 23.7 Å². The third-order valence-corrected chi connectivity index (χ3v) is 4.94. The quantitative estimate of drug-likeness (QED) is 0.593. The Hall–Kier alpha value is 0.177. The highest BCUT2D eigenvalue weighted by Gasteiger charge is 2.38. The first-order valence-corrected chi connectivity index (χ1v) is 11.3. The molecule has 0 aliphatic heterocycles. The van der Waals surface area contributed by atoms with Crippen molar-refractivity contribution in [3.63, 3.8) is 0 Å². The molecule has 1 fully saturated rings. The summed E-state index contributed by atoms with van der Waals surface area (Å²) in [6.07, 6.45) is 6.00. The predicted molar refractivity (Wildman–Crippen MR) is 83.3 cm³/mol. The molecule has 1 nitrogen and oxygen atoms in total. The lowest BCUT2D eigenvalue weighted by Gasteiger charge is -2.32. The zero-order valence-corrected chi connectivity index (χ0v) is 14.6. The fourth-order valence-corrected chi connectivity index (χ4v) is 4.70. The minimum absolute atomic E-state index is 0.558. The van der Waals surface area contributed by atoms with Gasteiger partial charge in [0.2, 0.25) is 0 Å². The van der Waals surface area contributed by atoms with E-state index in [-0.39, 0.29) is 0 Å². The van der Waals surface area contributed by atoms with Crippen molar-refractivity contribution in [2.45, 2.75) is 79.1 Å². The van der Waals surface area contributed by atoms with Crippen LogP contribution in [0.25, 0.3) is 0 Å². The Bertz CT molecular complexity index is 242. The van der Waals surface area contributed by atoms with Gasteiger partial charge in [0.1, 0.15) is 0 Å². The minimum atomic E-state index is -1.38. The Labute approximate surface area is 116 Å². The first-order chi connectivity index (χ1) is 8.19. The van der Waals surface area contributed by atoms with Crippen LogP contribution in [-0.4, -0.2) is 14.4 Å². The van der Waals surface area contributed by atoms with E-state index in [1.165, 1.54) is 25.7 Å². The SMILES string of the molecule is CC(C)CC1CCC(O[Si](C)(C)C)C1CC(C)C. The molecule has 108 valence electrons. The van der Waals surface area contributed by atoms with Crippen LogP contribution in [0.15, 0.2) is 0 Å². The van der Waals surface area contributed by atoms with E-state index in [1.807, 2.05) is 0 Å². The summed E-state index contributed by atoms with van der Waals surface area (Å²) < 4.78 is 6.46. The zero-order valence-electron chi connectivity index (χ0n) is 13.6. The molecule has 0 aromatic carbocycles. The van der Waals surface area contributed by atoms with Crippen molar-refractivity contribution in [3.05, 3.63) is 0 Å². The Balaban J connectivity index is 2.67. The van der Waals surface area contributed by atoms with Gasteiger partial charge in [0.25, 0.3) is 0 Å². The molecule has 0 aromatic rings. The molecule has 0 bridgehead atoms. The molecule has 1 rings (SSSR count). The molecule has 0 amide bonds. The molecule has 3 atom stereocenters. The van der Waals surface area contributed by atoms with Crippen LogP contribution in [0.3, 0.4) is 0 Å². The van der Waals surface area contributed by atoms with E-state index in [0.717, 1.165) is 23.7 Å². The van der Waals surface area contributed by atoms with Gasteiger partial charge < -0.3 is 4.43 Å². The first kappa shape index (κ1) is 16.2. The van der Waals surface area contributed by atoms with E-state index in [9.17, 15) is 0 Å². The van der Waals surface area contributed by atoms with Crippen LogP contribution in [0.1, 0.15) is 53.4 Å². The van der Waals surface area contributed by atoms with Crippen LogP contribution in [-0.2, 0) is 4.43 Å². The summed E-state index contributed by atoms with van der Waals surface area (Å²) in [7, 11) is -1.38. The van der Waals surface area contributed by atoms with E-state index in [2.05, 4.69) is 47.3 Å². The van der Waals surface area contributed by atoms with Gasteiger partial charge in [0.05, 0.1) is 0 Å². The van der Waals surface area contributed by atoms with Crippen LogP contribution >= 0.6 is 0 Å². The fraction of sp³-hybridized carbons (Fsp3) is 1.00. The topological polar surface area (TPSA) is 9.23 Å². The van der Waals surface area contributed by atoms with Crippen LogP contribution in [0.2, 0.25) is 19.6 Å². The maximum atomic E-state index is 6.46. The Morgan fingerprint density at radius 2 is 1.50 bits per heavy atom. The average molecular weight is 271 g/mol. The average Bonchev–Trinajstić information content (AvgIpc) is 2.46. The van der Waals surface area contributed by atoms with Gasteiger partial charge in [-0.2, -0.15) is 0 Å². The summed E-state index contributed by atoms with van der Waals surface area (Å²) in [6, 6.07) is 0. The van der Waals surface area contributed by atoms with Crippen molar-refractivity contribution in [2.24, 2.45) is 23.7 Å². The van der Waals surface area contributed by atoms with Gasteiger partial charge in [-0.25, -0.2) is 0 Å². The largest absolute Gasteiger partial charge is 0.414 e. The lowest BCUT2D eigenvalue weighted by atomic mass is 9.82. The van der Waals surface area contributed by atoms with Crippen molar-refractivity contribution in [3.8, 4) is 0 Å². The third-order valence-electron chi connectivity index (χ3n) is 3.93. The highest BCUT2D eigenvalue weighted by atomic mass is 28.4. The van der Waals surface area contributed by atoms with E-state index < -0.39 is 8.32 Å². The van der Waals surface area contributed by atoms with Crippen molar-refractivity contribution >= 4 is 8.32 Å². The van der Waals surface area contributed by atoms with Gasteiger partial charge in [0, 0.05) is 6.10 Å². The van der Waals surface area contributed by atoms with Gasteiger partial charge >= 0.3 is 0 Å². The lowest BCUT2D eigenvalue weighted by Crippen LogP contribution is -2.35. The third kappa shape index (κ3) is 5.44. The molecule has 0 N–H and O–H groups in total. The second kappa shape index (κ2) is 6.56. The zero-order chi connectivity index (χ0) is 13.9. The maximum Gasteiger partial charge on any atom is 0.184 e. The molecule has 0 radical (unpaired) electrons. The standard InChI is InChI=1S/C16H34OSi/c1-12(2)10-14-8-9-16(17-18(5,6)7)15(14)11-13(3)4/h12-16H,8-11H2,1-7H3. The summed E-state index contributed by atoms with van der Waals surface area (Å²) in [6.45, 7) is 16.4. The highest BCUT2D eigenvalue weighted by Crippen LogP contribution is 2.42. The van der Waals surface area contributed by atoms with Gasteiger partial charge in [0.15, 0.2) is 8.32 Å². The molecule has 0 spiro atoms. The van der Waals surface area contributed by atoms with Crippen LogP contribution in [0.5, 0.6) is 0 Å². The first-order valence-electron chi connectivity index (χ1n) is 7.87. The normalized spacial score (nSPS) is 29.5. The molecular weight excluding hydrogens is 236 g/mol. The van der Waals surface area contributed by atoms with Crippen molar-refractivity contribution in [1.82, 2.24) is 0 Å². The molecular formula is C16H34OSi. The van der Waals surface area contributed by atoms with Crippen LogP contribution in [0.4, 0.5) is 0 Å². The molecule has 0 saturated heterocycles. The molecule has 0 aromatic heterocycles. The Morgan fingerprint density at radius 1 is 0.944 bits per heavy atom. The maximum absolute atomic E-state index is 6.46. The van der Waals surface area contributed by atoms with E-state index in [1.54, 1.807) is 0 Å². The molecule has 18 heavy (non-hydrogen) atoms. The van der Waals surface area contributed by atoms with Crippen molar-refractivity contribution in [1.29, 1.82) is 0 Å². The predicted octanol–water partition coefficient (Wildman–Crippen LogP) is 5.32. The Kier molecular flexibility index (Phi) is 5.92. The molecule has 1 aliphatic carbocycles. The smallest absolute Gasteiger partial charge is 0.184 e. The lowest BCUT2D eigenvalue weighted by molar-refractivity contribution is 0.114. The van der Waals surface area contributed by atoms with E-state index in [4.69, 9.17) is 4.43 Å². The van der Waals surface area contributed by atoms with Gasteiger partial charge in [-0.05, 0) is 69.0 Å². The van der Waals surface area contributed by atoms with Gasteiger partial charge in [-0.15, -0.1) is 0 Å². The number of hydrogen-bond acceptors (Lipinski definition) is 1. The van der Waals surface area contributed by atoms with E-state index in [0.29, 0.717) is 6.10 Å². The minimum Gasteiger partial charge on any atom is -0.414 e. The molecule has 0 heterocycles. The molecule has 1 aliphatic rings. The molecule has 3 unspecified atom stereocenters. The summed E-state index contributed by atoms with van der Waals surface area (Å²) in [5, 5.41) is 0. The number of hydrogen-bond donors (Lipinski definition) is 0. The highest BCUT2D eigenvalue weighted by molar-refractivity contribution is 6.69. The Morgan fingerprint density at radius 3 is 1.94 bits per heavy atom.